The van der Waals surface area contributed by atoms with Gasteiger partial charge in [0.25, 0.3) is 5.91 Å². The third kappa shape index (κ3) is 4.58. The van der Waals surface area contributed by atoms with E-state index in [9.17, 15) is 4.79 Å². The van der Waals surface area contributed by atoms with Crippen LogP contribution in [-0.4, -0.2) is 17.1 Å². The van der Waals surface area contributed by atoms with Gasteiger partial charge in [0.05, 0.1) is 0 Å². The predicted octanol–water partition coefficient (Wildman–Crippen LogP) is 3.27. The molecule has 0 aliphatic heterocycles. The van der Waals surface area contributed by atoms with E-state index < -0.39 is 0 Å². The fraction of sp³-hybridized carbons (Fsp3) is 0.500. The summed E-state index contributed by atoms with van der Waals surface area (Å²) in [6, 6.07) is 7.05. The molecule has 1 fully saturated rings. The van der Waals surface area contributed by atoms with E-state index in [2.05, 4.69) is 30.0 Å². The summed E-state index contributed by atoms with van der Waals surface area (Å²) in [6.45, 7) is 4.52. The van der Waals surface area contributed by atoms with Crippen LogP contribution in [0.1, 0.15) is 43.5 Å². The molecule has 0 aromatic heterocycles. The van der Waals surface area contributed by atoms with Gasteiger partial charge >= 0.3 is 0 Å². The third-order valence-electron chi connectivity index (χ3n) is 4.42. The molecule has 0 spiro atoms. The molecular weight excluding hydrogens is 318 g/mol. The van der Waals surface area contributed by atoms with E-state index in [1.807, 2.05) is 0 Å². The van der Waals surface area contributed by atoms with Crippen LogP contribution in [0.3, 0.4) is 0 Å². The van der Waals surface area contributed by atoms with Crippen LogP contribution in [0.2, 0.25) is 5.02 Å². The SMILES string of the molecule is C[C@@H]1[C@@H](C)CCC[C@H]1NC(=S)NNC(=O)c1ccc(Cl)cc1. The van der Waals surface area contributed by atoms with E-state index in [1.54, 1.807) is 24.3 Å². The maximum absolute atomic E-state index is 12.0. The van der Waals surface area contributed by atoms with Crippen molar-refractivity contribution in [3.8, 4) is 0 Å². The fourth-order valence-electron chi connectivity index (χ4n) is 2.78. The van der Waals surface area contributed by atoms with Gasteiger partial charge in [-0.3, -0.25) is 15.6 Å². The van der Waals surface area contributed by atoms with E-state index in [1.165, 1.54) is 12.8 Å². The lowest BCUT2D eigenvalue weighted by Gasteiger charge is -2.35. The van der Waals surface area contributed by atoms with E-state index in [4.69, 9.17) is 23.8 Å². The molecule has 1 aromatic rings. The monoisotopic (exact) mass is 339 g/mol. The second-order valence-electron chi connectivity index (χ2n) is 5.93. The number of amides is 1. The lowest BCUT2D eigenvalue weighted by atomic mass is 9.78. The Hall–Kier alpha value is -1.33. The Bertz CT molecular complexity index is 535. The van der Waals surface area contributed by atoms with Crippen LogP contribution in [0, 0.1) is 11.8 Å². The zero-order chi connectivity index (χ0) is 16.1. The molecule has 1 saturated carbocycles. The number of thiocarbonyl (C=S) groups is 1. The van der Waals surface area contributed by atoms with Crippen molar-refractivity contribution in [3.63, 3.8) is 0 Å². The quantitative estimate of drug-likeness (QED) is 0.572. The lowest BCUT2D eigenvalue weighted by Crippen LogP contribution is -2.52. The first-order valence-electron chi connectivity index (χ1n) is 7.60. The summed E-state index contributed by atoms with van der Waals surface area (Å²) >= 11 is 11.1. The molecule has 0 heterocycles. The summed E-state index contributed by atoms with van der Waals surface area (Å²) < 4.78 is 0. The number of benzene rings is 1. The van der Waals surface area contributed by atoms with Crippen molar-refractivity contribution in [2.45, 2.75) is 39.2 Å². The van der Waals surface area contributed by atoms with Crippen LogP contribution in [0.25, 0.3) is 0 Å². The molecule has 1 aliphatic rings. The highest BCUT2D eigenvalue weighted by molar-refractivity contribution is 7.80. The molecule has 3 N–H and O–H groups in total. The normalized spacial score (nSPS) is 24.4. The zero-order valence-electron chi connectivity index (χ0n) is 12.9. The van der Waals surface area contributed by atoms with Crippen LogP contribution in [0.15, 0.2) is 24.3 Å². The highest BCUT2D eigenvalue weighted by Gasteiger charge is 2.27. The number of rotatable bonds is 2. The van der Waals surface area contributed by atoms with Crippen molar-refractivity contribution in [1.29, 1.82) is 0 Å². The van der Waals surface area contributed by atoms with Crippen molar-refractivity contribution in [2.24, 2.45) is 11.8 Å². The summed E-state index contributed by atoms with van der Waals surface area (Å²) in [5, 5.41) is 4.35. The maximum atomic E-state index is 12.0. The minimum absolute atomic E-state index is 0.245. The fourth-order valence-corrected chi connectivity index (χ4v) is 3.11. The number of nitrogens with one attached hydrogen (secondary N) is 3. The molecule has 1 amide bonds. The second-order valence-corrected chi connectivity index (χ2v) is 6.78. The minimum atomic E-state index is -0.245. The molecule has 0 bridgehead atoms. The lowest BCUT2D eigenvalue weighted by molar-refractivity contribution is 0.0943. The van der Waals surface area contributed by atoms with Crippen molar-refractivity contribution < 1.29 is 4.79 Å². The van der Waals surface area contributed by atoms with Crippen molar-refractivity contribution in [2.75, 3.05) is 0 Å². The first-order chi connectivity index (χ1) is 10.5. The molecule has 6 heteroatoms. The molecule has 1 aliphatic carbocycles. The van der Waals surface area contributed by atoms with Gasteiger partial charge < -0.3 is 5.32 Å². The van der Waals surface area contributed by atoms with Gasteiger partial charge in [-0.25, -0.2) is 0 Å². The van der Waals surface area contributed by atoms with Gasteiger partial charge in [-0.2, -0.15) is 0 Å². The van der Waals surface area contributed by atoms with Crippen LogP contribution in [0.4, 0.5) is 0 Å². The number of hydrogen-bond donors (Lipinski definition) is 3. The van der Waals surface area contributed by atoms with Crippen molar-refractivity contribution in [1.82, 2.24) is 16.2 Å². The van der Waals surface area contributed by atoms with Gasteiger partial charge in [-0.05, 0) is 54.7 Å². The standard InChI is InChI=1S/C16H22ClN3OS/c1-10-4-3-5-14(11(10)2)18-16(22)20-19-15(21)12-6-8-13(17)9-7-12/h6-11,14H,3-5H2,1-2H3,(H,19,21)(H2,18,20,22)/t10-,11+,14+/m0/s1. The smallest absolute Gasteiger partial charge is 0.269 e. The summed E-state index contributed by atoms with van der Waals surface area (Å²) in [7, 11) is 0. The highest BCUT2D eigenvalue weighted by atomic mass is 35.5. The Labute approximate surface area is 142 Å². The van der Waals surface area contributed by atoms with E-state index in [0.29, 0.717) is 33.6 Å². The predicted molar refractivity (Wildman–Crippen MR) is 93.8 cm³/mol. The van der Waals surface area contributed by atoms with Crippen molar-refractivity contribution >= 4 is 34.8 Å². The summed E-state index contributed by atoms with van der Waals surface area (Å²) in [5.74, 6) is 1.02. The minimum Gasteiger partial charge on any atom is -0.358 e. The van der Waals surface area contributed by atoms with Crippen molar-refractivity contribution in [3.05, 3.63) is 34.9 Å². The number of hydrazine groups is 1. The Morgan fingerprint density at radius 2 is 1.86 bits per heavy atom. The van der Waals surface area contributed by atoms with E-state index >= 15 is 0 Å². The largest absolute Gasteiger partial charge is 0.358 e. The first kappa shape index (κ1) is 17.0. The summed E-state index contributed by atoms with van der Waals surface area (Å²) in [6.07, 6.45) is 3.59. The molecule has 1 aromatic carbocycles. The van der Waals surface area contributed by atoms with Crippen LogP contribution in [-0.2, 0) is 0 Å². The molecular formula is C16H22ClN3OS. The number of hydrogen-bond acceptors (Lipinski definition) is 2. The number of halogens is 1. The first-order valence-corrected chi connectivity index (χ1v) is 8.38. The molecule has 0 radical (unpaired) electrons. The van der Waals surface area contributed by atoms with Gasteiger partial charge in [-0.1, -0.05) is 38.3 Å². The van der Waals surface area contributed by atoms with Gasteiger partial charge in [-0.15, -0.1) is 0 Å². The van der Waals surface area contributed by atoms with Crippen LogP contribution >= 0.6 is 23.8 Å². The Kier molecular flexibility index (Phi) is 6.03. The topological polar surface area (TPSA) is 53.2 Å². The molecule has 0 unspecified atom stereocenters. The number of carbonyl (C=O) groups is 1. The van der Waals surface area contributed by atoms with Gasteiger partial charge in [0, 0.05) is 16.6 Å². The molecule has 2 rings (SSSR count). The molecule has 3 atom stereocenters. The van der Waals surface area contributed by atoms with E-state index in [-0.39, 0.29) is 5.91 Å². The molecule has 22 heavy (non-hydrogen) atoms. The van der Waals surface area contributed by atoms with Gasteiger partial charge in [0.1, 0.15) is 0 Å². The summed E-state index contributed by atoms with van der Waals surface area (Å²) in [4.78, 5) is 12.0. The van der Waals surface area contributed by atoms with Gasteiger partial charge in [0.15, 0.2) is 5.11 Å². The van der Waals surface area contributed by atoms with Gasteiger partial charge in [0.2, 0.25) is 0 Å². The summed E-state index contributed by atoms with van der Waals surface area (Å²) in [5.41, 5.74) is 5.89. The maximum Gasteiger partial charge on any atom is 0.269 e. The third-order valence-corrected chi connectivity index (χ3v) is 4.89. The van der Waals surface area contributed by atoms with Crippen LogP contribution in [0.5, 0.6) is 0 Å². The Morgan fingerprint density at radius 3 is 2.55 bits per heavy atom. The molecule has 4 nitrogen and oxygen atoms in total. The second kappa shape index (κ2) is 7.79. The average Bonchev–Trinajstić information content (AvgIpc) is 2.50. The van der Waals surface area contributed by atoms with E-state index in [0.717, 1.165) is 6.42 Å². The van der Waals surface area contributed by atoms with Crippen LogP contribution < -0.4 is 16.2 Å². The molecule has 120 valence electrons. The Morgan fingerprint density at radius 1 is 1.18 bits per heavy atom. The number of carbonyl (C=O) groups excluding carboxylic acids is 1. The average molecular weight is 340 g/mol. The molecule has 0 saturated heterocycles. The zero-order valence-corrected chi connectivity index (χ0v) is 14.4. The Balaban J connectivity index is 1.80. The highest BCUT2D eigenvalue weighted by Crippen LogP contribution is 2.29.